The van der Waals surface area contributed by atoms with E-state index in [0.29, 0.717) is 34.1 Å². The monoisotopic (exact) mass is 418 g/mol. The number of carbonyl (C=O) groups excluding carboxylic acids is 3. The van der Waals surface area contributed by atoms with Crippen LogP contribution in [0.1, 0.15) is 37.9 Å². The lowest BCUT2D eigenvalue weighted by atomic mass is 9.97. The largest absolute Gasteiger partial charge is 0.366 e. The number of carbonyl (C=O) groups is 3. The molecule has 3 heterocycles. The van der Waals surface area contributed by atoms with E-state index in [0.717, 1.165) is 25.9 Å². The Balaban J connectivity index is 1.70. The second-order valence-electron chi connectivity index (χ2n) is 8.17. The fourth-order valence-electron chi connectivity index (χ4n) is 4.07. The highest BCUT2D eigenvalue weighted by Crippen LogP contribution is 2.34. The number of likely N-dealkylation sites (tertiary alicyclic amines) is 1. The summed E-state index contributed by atoms with van der Waals surface area (Å²) in [6.45, 7) is 5.30. The Morgan fingerprint density at radius 2 is 1.77 bits per heavy atom. The Morgan fingerprint density at radius 3 is 2.39 bits per heavy atom. The smallest absolute Gasteiger partial charge is 0.278 e. The second-order valence-corrected chi connectivity index (χ2v) is 8.17. The summed E-state index contributed by atoms with van der Waals surface area (Å²) in [5.74, 6) is -0.138. The van der Waals surface area contributed by atoms with Gasteiger partial charge in [-0.25, -0.2) is 0 Å². The van der Waals surface area contributed by atoms with Crippen molar-refractivity contribution in [2.24, 2.45) is 5.92 Å². The summed E-state index contributed by atoms with van der Waals surface area (Å²) in [5, 5.41) is 2.73. The molecule has 0 aliphatic carbocycles. The molecule has 2 aliphatic heterocycles. The number of hydrogen-bond donors (Lipinski definition) is 1. The molecule has 7 heteroatoms. The lowest BCUT2D eigenvalue weighted by molar-refractivity contribution is -0.138. The van der Waals surface area contributed by atoms with Gasteiger partial charge in [-0.3, -0.25) is 24.3 Å². The van der Waals surface area contributed by atoms with E-state index in [1.54, 1.807) is 36.5 Å². The summed E-state index contributed by atoms with van der Waals surface area (Å²) in [7, 11) is 0. The Hall–Kier alpha value is -3.48. The van der Waals surface area contributed by atoms with Crippen LogP contribution in [0.2, 0.25) is 0 Å². The van der Waals surface area contributed by atoms with Crippen LogP contribution >= 0.6 is 0 Å². The van der Waals surface area contributed by atoms with Crippen LogP contribution in [0.3, 0.4) is 0 Å². The van der Waals surface area contributed by atoms with Crippen molar-refractivity contribution >= 4 is 29.0 Å². The third kappa shape index (κ3) is 4.35. The molecule has 0 atom stereocenters. The number of anilines is 1. The van der Waals surface area contributed by atoms with E-state index < -0.39 is 0 Å². The fourth-order valence-corrected chi connectivity index (χ4v) is 4.07. The van der Waals surface area contributed by atoms with E-state index in [-0.39, 0.29) is 24.3 Å². The van der Waals surface area contributed by atoms with Crippen molar-refractivity contribution in [3.05, 3.63) is 65.6 Å². The summed E-state index contributed by atoms with van der Waals surface area (Å²) in [5.41, 5.74) is 2.87. The molecule has 1 aromatic heterocycles. The van der Waals surface area contributed by atoms with Crippen LogP contribution in [0.5, 0.6) is 0 Å². The van der Waals surface area contributed by atoms with Crippen LogP contribution in [-0.2, 0) is 20.9 Å². The van der Waals surface area contributed by atoms with Crippen molar-refractivity contribution in [2.75, 3.05) is 18.4 Å². The predicted octanol–water partition coefficient (Wildman–Crippen LogP) is 3.05. The molecule has 1 saturated heterocycles. The van der Waals surface area contributed by atoms with Crippen molar-refractivity contribution in [1.82, 2.24) is 14.8 Å². The summed E-state index contributed by atoms with van der Waals surface area (Å²) < 4.78 is 0. The Morgan fingerprint density at radius 1 is 1.06 bits per heavy atom. The average Bonchev–Trinajstić information content (AvgIpc) is 3.00. The number of imide groups is 1. The SMILES string of the molecule is CC(=O)Nc1ccc(C2=C(N3CCC(C)CC3)C(=O)N(Cc3ccccn3)C2=O)cc1. The van der Waals surface area contributed by atoms with Gasteiger partial charge in [-0.05, 0) is 48.6 Å². The summed E-state index contributed by atoms with van der Waals surface area (Å²) in [4.78, 5) is 45.8. The maximum absolute atomic E-state index is 13.4. The standard InChI is InChI=1S/C24H26N4O3/c1-16-10-13-27(14-11-16)22-21(18-6-8-19(9-7-18)26-17(2)29)23(30)28(24(22)31)15-20-5-3-4-12-25-20/h3-9,12,16H,10-11,13-15H2,1-2H3,(H,26,29). The average molecular weight is 418 g/mol. The molecule has 2 aliphatic rings. The molecule has 1 aromatic carbocycles. The molecule has 0 saturated carbocycles. The van der Waals surface area contributed by atoms with Gasteiger partial charge in [-0.15, -0.1) is 0 Å². The lowest BCUT2D eigenvalue weighted by Crippen LogP contribution is -2.38. The van der Waals surface area contributed by atoms with E-state index in [2.05, 4.69) is 22.1 Å². The minimum Gasteiger partial charge on any atom is -0.366 e. The van der Waals surface area contributed by atoms with Crippen LogP contribution in [0.25, 0.3) is 5.57 Å². The summed E-state index contributed by atoms with van der Waals surface area (Å²) in [6, 6.07) is 12.5. The second kappa shape index (κ2) is 8.71. The number of nitrogens with zero attached hydrogens (tertiary/aromatic N) is 3. The number of hydrogen-bond acceptors (Lipinski definition) is 5. The van der Waals surface area contributed by atoms with E-state index in [1.807, 2.05) is 12.1 Å². The molecule has 2 aromatic rings. The first kappa shape index (κ1) is 20.8. The molecule has 0 radical (unpaired) electrons. The van der Waals surface area contributed by atoms with Gasteiger partial charge >= 0.3 is 0 Å². The molecule has 1 fully saturated rings. The maximum atomic E-state index is 13.4. The van der Waals surface area contributed by atoms with Crippen LogP contribution in [0.4, 0.5) is 5.69 Å². The number of rotatable bonds is 5. The number of pyridine rings is 1. The zero-order valence-electron chi connectivity index (χ0n) is 17.8. The molecule has 7 nitrogen and oxygen atoms in total. The van der Waals surface area contributed by atoms with Gasteiger partial charge in [0.2, 0.25) is 5.91 Å². The number of piperidine rings is 1. The summed E-state index contributed by atoms with van der Waals surface area (Å²) >= 11 is 0. The molecular formula is C24H26N4O3. The van der Waals surface area contributed by atoms with E-state index >= 15 is 0 Å². The molecule has 31 heavy (non-hydrogen) atoms. The Kier molecular flexibility index (Phi) is 5.84. The first-order chi connectivity index (χ1) is 14.9. The molecule has 4 rings (SSSR count). The van der Waals surface area contributed by atoms with Crippen LogP contribution < -0.4 is 5.32 Å². The molecule has 0 unspecified atom stereocenters. The van der Waals surface area contributed by atoms with Gasteiger partial charge in [0.05, 0.1) is 17.8 Å². The first-order valence-electron chi connectivity index (χ1n) is 10.6. The van der Waals surface area contributed by atoms with E-state index in [9.17, 15) is 14.4 Å². The summed E-state index contributed by atoms with van der Waals surface area (Å²) in [6.07, 6.45) is 3.63. The zero-order chi connectivity index (χ0) is 22.0. The van der Waals surface area contributed by atoms with Crippen molar-refractivity contribution < 1.29 is 14.4 Å². The highest BCUT2D eigenvalue weighted by molar-refractivity contribution is 6.35. The van der Waals surface area contributed by atoms with Crippen LogP contribution in [0, 0.1) is 5.92 Å². The molecule has 0 spiro atoms. The molecular weight excluding hydrogens is 392 g/mol. The van der Waals surface area contributed by atoms with Crippen LogP contribution in [-0.4, -0.2) is 45.6 Å². The van der Waals surface area contributed by atoms with Crippen LogP contribution in [0.15, 0.2) is 54.4 Å². The number of benzene rings is 1. The van der Waals surface area contributed by atoms with E-state index in [1.165, 1.54) is 11.8 Å². The maximum Gasteiger partial charge on any atom is 0.278 e. The molecule has 3 amide bonds. The number of aromatic nitrogens is 1. The molecule has 1 N–H and O–H groups in total. The van der Waals surface area contributed by atoms with Gasteiger partial charge in [0.1, 0.15) is 5.70 Å². The van der Waals surface area contributed by atoms with Gasteiger partial charge in [0.15, 0.2) is 0 Å². The minimum atomic E-state index is -0.309. The van der Waals surface area contributed by atoms with Gasteiger partial charge in [0.25, 0.3) is 11.8 Å². The first-order valence-corrected chi connectivity index (χ1v) is 10.6. The van der Waals surface area contributed by atoms with Crippen molar-refractivity contribution in [3.63, 3.8) is 0 Å². The molecule has 0 bridgehead atoms. The normalized spacial score (nSPS) is 17.5. The van der Waals surface area contributed by atoms with E-state index in [4.69, 9.17) is 0 Å². The van der Waals surface area contributed by atoms with Gasteiger partial charge in [-0.2, -0.15) is 0 Å². The highest BCUT2D eigenvalue weighted by Gasteiger charge is 2.42. The Bertz CT molecular complexity index is 1020. The third-order valence-corrected chi connectivity index (χ3v) is 5.78. The van der Waals surface area contributed by atoms with Gasteiger partial charge in [-0.1, -0.05) is 25.1 Å². The van der Waals surface area contributed by atoms with Crippen molar-refractivity contribution in [1.29, 1.82) is 0 Å². The zero-order valence-corrected chi connectivity index (χ0v) is 17.8. The van der Waals surface area contributed by atoms with Crippen molar-refractivity contribution in [3.8, 4) is 0 Å². The Labute approximate surface area is 181 Å². The fraction of sp³-hybridized carbons (Fsp3) is 0.333. The predicted molar refractivity (Wildman–Crippen MR) is 117 cm³/mol. The quantitative estimate of drug-likeness (QED) is 0.755. The molecule has 160 valence electrons. The third-order valence-electron chi connectivity index (χ3n) is 5.78. The lowest BCUT2D eigenvalue weighted by Gasteiger charge is -2.32. The highest BCUT2D eigenvalue weighted by atomic mass is 16.2. The van der Waals surface area contributed by atoms with Gasteiger partial charge < -0.3 is 10.2 Å². The van der Waals surface area contributed by atoms with Gasteiger partial charge in [0, 0.05) is 31.9 Å². The topological polar surface area (TPSA) is 82.6 Å². The minimum absolute atomic E-state index is 0.139. The number of nitrogens with one attached hydrogen (secondary N) is 1. The van der Waals surface area contributed by atoms with Crippen molar-refractivity contribution in [2.45, 2.75) is 33.2 Å². The number of amides is 3.